The van der Waals surface area contributed by atoms with Gasteiger partial charge in [0.1, 0.15) is 0 Å². The van der Waals surface area contributed by atoms with Crippen LogP contribution in [-0.4, -0.2) is 18.6 Å². The second kappa shape index (κ2) is 7.47. The van der Waals surface area contributed by atoms with E-state index in [0.717, 1.165) is 21.2 Å². The van der Waals surface area contributed by atoms with Crippen LogP contribution < -0.4 is 4.72 Å². The Bertz CT molecular complexity index is 986. The van der Waals surface area contributed by atoms with Crippen LogP contribution in [0.25, 0.3) is 11.4 Å². The third kappa shape index (κ3) is 4.75. The minimum Gasteiger partial charge on any atom is -0.338 e. The lowest BCUT2D eigenvalue weighted by atomic mass is 10.1. The Morgan fingerprint density at radius 2 is 1.96 bits per heavy atom. The smallest absolute Gasteiger partial charge is 0.242 e. The summed E-state index contributed by atoms with van der Waals surface area (Å²) in [5, 5.41) is 3.88. The summed E-state index contributed by atoms with van der Waals surface area (Å²) < 4.78 is 33.0. The zero-order chi connectivity index (χ0) is 17.9. The normalized spacial score (nSPS) is 11.6. The van der Waals surface area contributed by atoms with Crippen LogP contribution in [0.15, 0.2) is 57.5 Å². The monoisotopic (exact) mass is 421 g/mol. The zero-order valence-electron chi connectivity index (χ0n) is 13.4. The molecule has 0 saturated carbocycles. The van der Waals surface area contributed by atoms with Crippen LogP contribution >= 0.6 is 15.9 Å². The van der Waals surface area contributed by atoms with E-state index in [-0.39, 0.29) is 18.2 Å². The molecule has 0 aliphatic carbocycles. The van der Waals surface area contributed by atoms with Gasteiger partial charge in [0.15, 0.2) is 0 Å². The predicted molar refractivity (Wildman–Crippen MR) is 98.1 cm³/mol. The van der Waals surface area contributed by atoms with Crippen molar-refractivity contribution >= 4 is 26.0 Å². The summed E-state index contributed by atoms with van der Waals surface area (Å²) in [6.07, 6.45) is 0. The number of rotatable bonds is 6. The fourth-order valence-electron chi connectivity index (χ4n) is 2.27. The van der Waals surface area contributed by atoms with E-state index in [1.54, 1.807) is 6.07 Å². The molecule has 1 N–H and O–H groups in total. The highest BCUT2D eigenvalue weighted by molar-refractivity contribution is 9.10. The number of hydrogen-bond donors (Lipinski definition) is 1. The highest BCUT2D eigenvalue weighted by atomic mass is 79.9. The second-order valence-corrected chi connectivity index (χ2v) is 8.25. The second-order valence-electron chi connectivity index (χ2n) is 5.53. The molecule has 3 rings (SSSR count). The summed E-state index contributed by atoms with van der Waals surface area (Å²) in [7, 11) is -3.50. The number of nitrogens with one attached hydrogen (secondary N) is 1. The minimum atomic E-state index is -3.50. The molecule has 8 heteroatoms. The molecule has 0 amide bonds. The molecule has 0 saturated heterocycles. The Morgan fingerprint density at radius 1 is 1.16 bits per heavy atom. The maximum absolute atomic E-state index is 12.2. The Morgan fingerprint density at radius 3 is 2.72 bits per heavy atom. The molecule has 0 radical (unpaired) electrons. The van der Waals surface area contributed by atoms with Crippen molar-refractivity contribution in [2.24, 2.45) is 0 Å². The zero-order valence-corrected chi connectivity index (χ0v) is 15.8. The number of aromatic nitrogens is 2. The van der Waals surface area contributed by atoms with Crippen molar-refractivity contribution in [3.05, 3.63) is 70.0 Å². The van der Waals surface area contributed by atoms with Crippen molar-refractivity contribution in [1.82, 2.24) is 14.9 Å². The summed E-state index contributed by atoms with van der Waals surface area (Å²) in [6.45, 7) is 1.84. The molecule has 3 aromatic rings. The van der Waals surface area contributed by atoms with Crippen molar-refractivity contribution in [2.75, 3.05) is 0 Å². The molecule has 0 aliphatic rings. The molecule has 2 aromatic carbocycles. The molecule has 25 heavy (non-hydrogen) atoms. The molecule has 0 unspecified atom stereocenters. The molecular weight excluding hydrogens is 406 g/mol. The number of aryl methyl sites for hydroxylation is 1. The first-order valence-electron chi connectivity index (χ1n) is 7.53. The molecule has 0 fully saturated rings. The molecule has 0 bridgehead atoms. The quantitative estimate of drug-likeness (QED) is 0.658. The Hall–Kier alpha value is -2.03. The lowest BCUT2D eigenvalue weighted by Gasteiger charge is -2.07. The van der Waals surface area contributed by atoms with Gasteiger partial charge in [0, 0.05) is 10.0 Å². The van der Waals surface area contributed by atoms with Crippen molar-refractivity contribution in [3.8, 4) is 11.4 Å². The van der Waals surface area contributed by atoms with Gasteiger partial charge >= 0.3 is 0 Å². The topological polar surface area (TPSA) is 85.1 Å². The van der Waals surface area contributed by atoms with Gasteiger partial charge in [-0.05, 0) is 30.2 Å². The highest BCUT2D eigenvalue weighted by Crippen LogP contribution is 2.20. The van der Waals surface area contributed by atoms with Gasteiger partial charge in [-0.2, -0.15) is 4.98 Å². The van der Waals surface area contributed by atoms with Gasteiger partial charge in [-0.3, -0.25) is 0 Å². The Kier molecular flexibility index (Phi) is 5.31. The van der Waals surface area contributed by atoms with Crippen LogP contribution in [0.1, 0.15) is 17.0 Å². The number of hydrogen-bond acceptors (Lipinski definition) is 5. The van der Waals surface area contributed by atoms with Gasteiger partial charge in [0.2, 0.25) is 21.7 Å². The highest BCUT2D eigenvalue weighted by Gasteiger charge is 2.15. The maximum atomic E-state index is 12.2. The molecule has 6 nitrogen and oxygen atoms in total. The summed E-state index contributed by atoms with van der Waals surface area (Å²) in [6, 6.07) is 14.8. The first-order chi connectivity index (χ1) is 11.9. The van der Waals surface area contributed by atoms with E-state index >= 15 is 0 Å². The van der Waals surface area contributed by atoms with E-state index in [1.807, 2.05) is 49.4 Å². The van der Waals surface area contributed by atoms with Crippen molar-refractivity contribution in [2.45, 2.75) is 19.2 Å². The van der Waals surface area contributed by atoms with E-state index in [1.165, 1.54) is 0 Å². The largest absolute Gasteiger partial charge is 0.338 e. The summed E-state index contributed by atoms with van der Waals surface area (Å²) in [4.78, 5) is 4.22. The molecule has 1 aromatic heterocycles. The summed E-state index contributed by atoms with van der Waals surface area (Å²) in [5.74, 6) is 0.532. The van der Waals surface area contributed by atoms with E-state index < -0.39 is 10.0 Å². The number of sulfonamides is 1. The van der Waals surface area contributed by atoms with Gasteiger partial charge in [0.25, 0.3) is 0 Å². The van der Waals surface area contributed by atoms with Crippen molar-refractivity contribution in [3.63, 3.8) is 0 Å². The van der Waals surface area contributed by atoms with Crippen LogP contribution in [0.3, 0.4) is 0 Å². The van der Waals surface area contributed by atoms with Gasteiger partial charge in [0.05, 0.1) is 12.3 Å². The lowest BCUT2D eigenvalue weighted by Crippen LogP contribution is -2.25. The van der Waals surface area contributed by atoms with Gasteiger partial charge in [-0.25, -0.2) is 13.1 Å². The van der Waals surface area contributed by atoms with Crippen LogP contribution in [-0.2, 0) is 22.3 Å². The molecular formula is C17H16BrN3O3S. The third-order valence-corrected chi connectivity index (χ3v) is 5.37. The van der Waals surface area contributed by atoms with E-state index in [0.29, 0.717) is 5.82 Å². The molecule has 0 aliphatic heterocycles. The van der Waals surface area contributed by atoms with Crippen molar-refractivity contribution in [1.29, 1.82) is 0 Å². The summed E-state index contributed by atoms with van der Waals surface area (Å²) >= 11 is 3.38. The maximum Gasteiger partial charge on any atom is 0.242 e. The van der Waals surface area contributed by atoms with Gasteiger partial charge in [-0.1, -0.05) is 57.5 Å². The van der Waals surface area contributed by atoms with Gasteiger partial charge < -0.3 is 4.52 Å². The number of nitrogens with zero attached hydrogens (tertiary/aromatic N) is 2. The fraction of sp³-hybridized carbons (Fsp3) is 0.176. The third-order valence-electron chi connectivity index (χ3n) is 3.60. The Labute approximate surface area is 154 Å². The molecule has 130 valence electrons. The van der Waals surface area contributed by atoms with Crippen molar-refractivity contribution < 1.29 is 12.9 Å². The summed E-state index contributed by atoms with van der Waals surface area (Å²) in [5.41, 5.74) is 2.48. The molecule has 1 heterocycles. The Balaban J connectivity index is 1.66. The van der Waals surface area contributed by atoms with Crippen LogP contribution in [0.4, 0.5) is 0 Å². The molecule has 0 atom stereocenters. The average Bonchev–Trinajstić information content (AvgIpc) is 3.04. The molecule has 0 spiro atoms. The minimum absolute atomic E-state index is 0.0464. The fourth-order valence-corrected chi connectivity index (χ4v) is 3.85. The average molecular weight is 422 g/mol. The van der Waals surface area contributed by atoms with E-state index in [4.69, 9.17) is 4.52 Å². The van der Waals surface area contributed by atoms with Crippen LogP contribution in [0.5, 0.6) is 0 Å². The van der Waals surface area contributed by atoms with Gasteiger partial charge in [-0.15, -0.1) is 0 Å². The first kappa shape index (κ1) is 17.8. The van der Waals surface area contributed by atoms with E-state index in [2.05, 4.69) is 30.8 Å². The first-order valence-corrected chi connectivity index (χ1v) is 9.98. The standard InChI is InChI=1S/C17H16BrN3O3S/c1-12-5-2-3-6-14(12)11-25(22,23)19-10-16-20-17(21-24-16)13-7-4-8-15(18)9-13/h2-9,19H,10-11H2,1H3. The SMILES string of the molecule is Cc1ccccc1CS(=O)(=O)NCc1nc(-c2cccc(Br)c2)no1. The predicted octanol–water partition coefficient (Wildman–Crippen LogP) is 3.43. The lowest BCUT2D eigenvalue weighted by molar-refractivity contribution is 0.376. The van der Waals surface area contributed by atoms with Crippen LogP contribution in [0, 0.1) is 6.92 Å². The van der Waals surface area contributed by atoms with E-state index in [9.17, 15) is 8.42 Å². The van der Waals surface area contributed by atoms with Crippen LogP contribution in [0.2, 0.25) is 0 Å². The number of benzene rings is 2. The number of halogens is 1.